The first-order valence-corrected chi connectivity index (χ1v) is 8.36. The molecule has 0 spiro atoms. The molecule has 0 aromatic heterocycles. The molecule has 0 saturated heterocycles. The normalized spacial score (nSPS) is 17.8. The zero-order valence-corrected chi connectivity index (χ0v) is 12.6. The lowest BCUT2D eigenvalue weighted by Gasteiger charge is -2.20. The van der Waals surface area contributed by atoms with E-state index in [4.69, 9.17) is 5.73 Å². The molecule has 1 aliphatic rings. The standard InChI is InChI=1S/C13H19N3O4S/c1-9(10-4-2-3-5-10)15-21(19,20)13-8-11(14)6-7-12(13)16(17)18/h6-10,15H,2-5,14H2,1H3. The summed E-state index contributed by atoms with van der Waals surface area (Å²) >= 11 is 0. The third kappa shape index (κ3) is 3.51. The number of nitrogens with zero attached hydrogens (tertiary/aromatic N) is 1. The monoisotopic (exact) mass is 313 g/mol. The Morgan fingerprint density at radius 3 is 2.57 bits per heavy atom. The van der Waals surface area contributed by atoms with Crippen molar-refractivity contribution in [3.8, 4) is 0 Å². The summed E-state index contributed by atoms with van der Waals surface area (Å²) in [4.78, 5) is 9.90. The van der Waals surface area contributed by atoms with E-state index in [1.165, 1.54) is 6.07 Å². The SMILES string of the molecule is CC(NS(=O)(=O)c1cc(N)ccc1[N+](=O)[O-])C1CCCC1. The second-order valence-electron chi connectivity index (χ2n) is 5.44. The van der Waals surface area contributed by atoms with Gasteiger partial charge < -0.3 is 5.73 Å². The fourth-order valence-electron chi connectivity index (χ4n) is 2.76. The lowest BCUT2D eigenvalue weighted by atomic mass is 10.0. The molecule has 8 heteroatoms. The lowest BCUT2D eigenvalue weighted by Crippen LogP contribution is -2.37. The fraction of sp³-hybridized carbons (Fsp3) is 0.538. The van der Waals surface area contributed by atoms with Gasteiger partial charge in [0.2, 0.25) is 10.0 Å². The van der Waals surface area contributed by atoms with E-state index in [0.29, 0.717) is 0 Å². The third-order valence-electron chi connectivity index (χ3n) is 3.92. The Morgan fingerprint density at radius 1 is 1.38 bits per heavy atom. The average molecular weight is 313 g/mol. The number of nitrogens with one attached hydrogen (secondary N) is 1. The Hall–Kier alpha value is -1.67. The van der Waals surface area contributed by atoms with Gasteiger partial charge in [-0.05, 0) is 37.8 Å². The second-order valence-corrected chi connectivity index (χ2v) is 7.12. The molecule has 3 N–H and O–H groups in total. The van der Waals surface area contributed by atoms with Crippen molar-refractivity contribution in [1.29, 1.82) is 0 Å². The van der Waals surface area contributed by atoms with E-state index < -0.39 is 20.6 Å². The van der Waals surface area contributed by atoms with Gasteiger partial charge in [0.25, 0.3) is 5.69 Å². The summed E-state index contributed by atoms with van der Waals surface area (Å²) in [6.07, 6.45) is 4.13. The summed E-state index contributed by atoms with van der Waals surface area (Å²) in [5.74, 6) is 0.278. The summed E-state index contributed by atoms with van der Waals surface area (Å²) in [6.45, 7) is 1.80. The van der Waals surface area contributed by atoms with Gasteiger partial charge in [0.05, 0.1) is 4.92 Å². The second kappa shape index (κ2) is 5.98. The van der Waals surface area contributed by atoms with Crippen LogP contribution in [0.1, 0.15) is 32.6 Å². The number of nitro benzene ring substituents is 1. The first-order valence-electron chi connectivity index (χ1n) is 6.87. The largest absolute Gasteiger partial charge is 0.399 e. The lowest BCUT2D eigenvalue weighted by molar-refractivity contribution is -0.387. The molecular formula is C13H19N3O4S. The predicted molar refractivity (Wildman–Crippen MR) is 79.3 cm³/mol. The van der Waals surface area contributed by atoms with E-state index in [9.17, 15) is 18.5 Å². The highest BCUT2D eigenvalue weighted by Gasteiger charge is 2.30. The number of benzene rings is 1. The zero-order chi connectivity index (χ0) is 15.6. The smallest absolute Gasteiger partial charge is 0.289 e. The van der Waals surface area contributed by atoms with Gasteiger partial charge in [-0.2, -0.15) is 0 Å². The quantitative estimate of drug-likeness (QED) is 0.490. The van der Waals surface area contributed by atoms with Gasteiger partial charge in [-0.1, -0.05) is 12.8 Å². The Morgan fingerprint density at radius 2 is 2.00 bits per heavy atom. The van der Waals surface area contributed by atoms with Crippen molar-refractivity contribution in [2.75, 3.05) is 5.73 Å². The molecule has 2 rings (SSSR count). The third-order valence-corrected chi connectivity index (χ3v) is 5.51. The van der Waals surface area contributed by atoms with E-state index in [0.717, 1.165) is 37.8 Å². The van der Waals surface area contributed by atoms with Crippen molar-refractivity contribution in [2.24, 2.45) is 5.92 Å². The van der Waals surface area contributed by atoms with Crippen molar-refractivity contribution < 1.29 is 13.3 Å². The van der Waals surface area contributed by atoms with Crippen molar-refractivity contribution in [2.45, 2.75) is 43.5 Å². The molecule has 0 bridgehead atoms. The van der Waals surface area contributed by atoms with Gasteiger partial charge in [0.15, 0.2) is 4.90 Å². The molecule has 1 saturated carbocycles. The maximum atomic E-state index is 12.4. The number of nitrogen functional groups attached to an aromatic ring is 1. The minimum Gasteiger partial charge on any atom is -0.399 e. The molecule has 1 atom stereocenters. The van der Waals surface area contributed by atoms with E-state index in [-0.39, 0.29) is 22.5 Å². The van der Waals surface area contributed by atoms with Gasteiger partial charge >= 0.3 is 0 Å². The number of anilines is 1. The molecule has 1 aromatic carbocycles. The fourth-order valence-corrected chi connectivity index (χ4v) is 4.28. The molecule has 1 aromatic rings. The number of nitrogens with two attached hydrogens (primary N) is 1. The van der Waals surface area contributed by atoms with Crippen molar-refractivity contribution >= 4 is 21.4 Å². The number of hydrogen-bond donors (Lipinski definition) is 2. The van der Waals surface area contributed by atoms with Crippen LogP contribution in [-0.2, 0) is 10.0 Å². The molecule has 1 unspecified atom stereocenters. The molecule has 1 fully saturated rings. The van der Waals surface area contributed by atoms with E-state index in [1.54, 1.807) is 6.92 Å². The van der Waals surface area contributed by atoms with E-state index in [1.807, 2.05) is 0 Å². The molecule has 7 nitrogen and oxygen atoms in total. The van der Waals surface area contributed by atoms with Crippen LogP contribution in [0.5, 0.6) is 0 Å². The Labute approximate surface area is 123 Å². The summed E-state index contributed by atoms with van der Waals surface area (Å²) in [7, 11) is -3.97. The number of sulfonamides is 1. The molecule has 0 aliphatic heterocycles. The summed E-state index contributed by atoms with van der Waals surface area (Å²) < 4.78 is 27.4. The minimum atomic E-state index is -3.97. The Kier molecular flexibility index (Phi) is 4.48. The van der Waals surface area contributed by atoms with Gasteiger partial charge in [0, 0.05) is 17.8 Å². The van der Waals surface area contributed by atoms with Crippen LogP contribution in [0.4, 0.5) is 11.4 Å². The van der Waals surface area contributed by atoms with Gasteiger partial charge in [-0.25, -0.2) is 13.1 Å². The maximum Gasteiger partial charge on any atom is 0.289 e. The highest BCUT2D eigenvalue weighted by molar-refractivity contribution is 7.89. The Bertz CT molecular complexity index is 639. The van der Waals surface area contributed by atoms with Crippen molar-refractivity contribution in [3.63, 3.8) is 0 Å². The highest BCUT2D eigenvalue weighted by atomic mass is 32.2. The number of rotatable bonds is 5. The van der Waals surface area contributed by atoms with Crippen LogP contribution in [-0.4, -0.2) is 19.4 Å². The van der Waals surface area contributed by atoms with E-state index >= 15 is 0 Å². The Balaban J connectivity index is 2.30. The maximum absolute atomic E-state index is 12.4. The summed E-state index contributed by atoms with van der Waals surface area (Å²) in [6, 6.07) is 3.31. The summed E-state index contributed by atoms with van der Waals surface area (Å²) in [5, 5.41) is 11.0. The average Bonchev–Trinajstić information content (AvgIpc) is 2.91. The molecule has 0 heterocycles. The molecule has 21 heavy (non-hydrogen) atoms. The molecule has 0 amide bonds. The van der Waals surface area contributed by atoms with Crippen molar-refractivity contribution in [3.05, 3.63) is 28.3 Å². The van der Waals surface area contributed by atoms with Gasteiger partial charge in [-0.15, -0.1) is 0 Å². The number of hydrogen-bond acceptors (Lipinski definition) is 5. The highest BCUT2D eigenvalue weighted by Crippen LogP contribution is 2.30. The van der Waals surface area contributed by atoms with Crippen LogP contribution in [0, 0.1) is 16.0 Å². The minimum absolute atomic E-state index is 0.175. The van der Waals surface area contributed by atoms with Crippen molar-refractivity contribution in [1.82, 2.24) is 4.72 Å². The molecule has 116 valence electrons. The van der Waals surface area contributed by atoms with Gasteiger partial charge in [-0.3, -0.25) is 10.1 Å². The summed E-state index contributed by atoms with van der Waals surface area (Å²) in [5.41, 5.74) is 5.28. The first kappa shape index (κ1) is 15.7. The molecule has 1 aliphatic carbocycles. The van der Waals surface area contributed by atoms with Crippen LogP contribution >= 0.6 is 0 Å². The van der Waals surface area contributed by atoms with Crippen LogP contribution < -0.4 is 10.5 Å². The van der Waals surface area contributed by atoms with E-state index in [2.05, 4.69) is 4.72 Å². The van der Waals surface area contributed by atoms with Crippen LogP contribution in [0.3, 0.4) is 0 Å². The van der Waals surface area contributed by atoms with Crippen LogP contribution in [0.2, 0.25) is 0 Å². The van der Waals surface area contributed by atoms with Crippen LogP contribution in [0.15, 0.2) is 23.1 Å². The topological polar surface area (TPSA) is 115 Å². The predicted octanol–water partition coefficient (Wildman–Crippen LogP) is 2.03. The zero-order valence-electron chi connectivity index (χ0n) is 11.8. The van der Waals surface area contributed by atoms with Crippen LogP contribution in [0.25, 0.3) is 0 Å². The molecular weight excluding hydrogens is 294 g/mol. The number of nitro groups is 1. The first-order chi connectivity index (χ1) is 9.81. The molecule has 0 radical (unpaired) electrons. The van der Waals surface area contributed by atoms with Gasteiger partial charge in [0.1, 0.15) is 0 Å².